The molecule has 0 bridgehead atoms. The lowest BCUT2D eigenvalue weighted by Crippen LogP contribution is -2.44. The highest BCUT2D eigenvalue weighted by Gasteiger charge is 2.38. The Morgan fingerprint density at radius 3 is 3.00 bits per heavy atom. The van der Waals surface area contributed by atoms with Crippen LogP contribution in [0.4, 0.5) is 0 Å². The van der Waals surface area contributed by atoms with Crippen molar-refractivity contribution in [1.82, 2.24) is 0 Å². The first-order valence-electron chi connectivity index (χ1n) is 4.69. The van der Waals surface area contributed by atoms with Gasteiger partial charge >= 0.3 is 5.97 Å². The lowest BCUT2D eigenvalue weighted by Gasteiger charge is -2.31. The predicted molar refractivity (Wildman–Crippen MR) is 50.7 cm³/mol. The van der Waals surface area contributed by atoms with E-state index in [0.717, 1.165) is 12.5 Å². The SMILES string of the molecule is C=CC(=O)OC1(C)OCCCOC1C. The lowest BCUT2D eigenvalue weighted by atomic mass is 10.2. The Kier molecular flexibility index (Phi) is 3.66. The van der Waals surface area contributed by atoms with Crippen LogP contribution in [0.15, 0.2) is 12.7 Å². The van der Waals surface area contributed by atoms with E-state index in [2.05, 4.69) is 6.58 Å². The van der Waals surface area contributed by atoms with Crippen LogP contribution >= 0.6 is 0 Å². The molecule has 1 aliphatic heterocycles. The summed E-state index contributed by atoms with van der Waals surface area (Å²) >= 11 is 0. The van der Waals surface area contributed by atoms with E-state index in [9.17, 15) is 4.79 Å². The summed E-state index contributed by atoms with van der Waals surface area (Å²) in [5.41, 5.74) is 0. The summed E-state index contributed by atoms with van der Waals surface area (Å²) in [6, 6.07) is 0. The topological polar surface area (TPSA) is 44.8 Å². The molecular formula is C10H16O4. The fraction of sp³-hybridized carbons (Fsp3) is 0.700. The molecular weight excluding hydrogens is 184 g/mol. The smallest absolute Gasteiger partial charge is 0.332 e. The van der Waals surface area contributed by atoms with Crippen LogP contribution in [0.25, 0.3) is 0 Å². The zero-order chi connectivity index (χ0) is 10.6. The number of carbonyl (C=O) groups is 1. The predicted octanol–water partition coefficient (Wildman–Crippen LogP) is 1.26. The average molecular weight is 200 g/mol. The quantitative estimate of drug-likeness (QED) is 0.497. The molecule has 1 fully saturated rings. The molecule has 0 amide bonds. The highest BCUT2D eigenvalue weighted by Crippen LogP contribution is 2.23. The van der Waals surface area contributed by atoms with Gasteiger partial charge in [-0.1, -0.05) is 6.58 Å². The van der Waals surface area contributed by atoms with Crippen molar-refractivity contribution in [2.45, 2.75) is 32.2 Å². The van der Waals surface area contributed by atoms with E-state index < -0.39 is 11.8 Å². The van der Waals surface area contributed by atoms with E-state index in [1.165, 1.54) is 0 Å². The molecule has 1 rings (SSSR count). The fourth-order valence-corrected chi connectivity index (χ4v) is 1.22. The Hall–Kier alpha value is -0.870. The summed E-state index contributed by atoms with van der Waals surface area (Å²) in [6.45, 7) is 8.02. The minimum absolute atomic E-state index is 0.270. The first-order chi connectivity index (χ1) is 6.58. The van der Waals surface area contributed by atoms with Crippen LogP contribution in [0.1, 0.15) is 20.3 Å². The molecule has 2 unspecified atom stereocenters. The maximum absolute atomic E-state index is 11.1. The summed E-state index contributed by atoms with van der Waals surface area (Å²) in [4.78, 5) is 11.1. The van der Waals surface area contributed by atoms with Crippen LogP contribution in [0.3, 0.4) is 0 Å². The van der Waals surface area contributed by atoms with Crippen LogP contribution in [0.2, 0.25) is 0 Å². The van der Waals surface area contributed by atoms with Gasteiger partial charge in [0, 0.05) is 19.6 Å². The third kappa shape index (κ3) is 2.56. The Labute approximate surface area is 83.8 Å². The Morgan fingerprint density at radius 1 is 1.64 bits per heavy atom. The van der Waals surface area contributed by atoms with Gasteiger partial charge in [0.2, 0.25) is 5.79 Å². The fourth-order valence-electron chi connectivity index (χ4n) is 1.22. The van der Waals surface area contributed by atoms with Gasteiger partial charge in [0.15, 0.2) is 0 Å². The molecule has 4 nitrogen and oxygen atoms in total. The standard InChI is InChI=1S/C10H16O4/c1-4-9(11)14-10(3)8(2)12-6-5-7-13-10/h4,8H,1,5-7H2,2-3H3. The first kappa shape index (κ1) is 11.2. The molecule has 1 saturated heterocycles. The molecule has 0 aromatic carbocycles. The van der Waals surface area contributed by atoms with E-state index in [-0.39, 0.29) is 6.10 Å². The normalized spacial score (nSPS) is 33.1. The molecule has 80 valence electrons. The first-order valence-corrected chi connectivity index (χ1v) is 4.69. The second kappa shape index (κ2) is 4.57. The van der Waals surface area contributed by atoms with Crippen molar-refractivity contribution in [2.24, 2.45) is 0 Å². The number of rotatable bonds is 2. The number of carbonyl (C=O) groups excluding carboxylic acids is 1. The van der Waals surface area contributed by atoms with Gasteiger partial charge in [-0.2, -0.15) is 0 Å². The summed E-state index contributed by atoms with van der Waals surface area (Å²) < 4.78 is 16.0. The summed E-state index contributed by atoms with van der Waals surface area (Å²) in [5.74, 6) is -1.49. The van der Waals surface area contributed by atoms with Crippen molar-refractivity contribution in [1.29, 1.82) is 0 Å². The third-order valence-electron chi connectivity index (χ3n) is 2.25. The van der Waals surface area contributed by atoms with Crippen molar-refractivity contribution >= 4 is 5.97 Å². The van der Waals surface area contributed by atoms with Gasteiger partial charge in [0.25, 0.3) is 0 Å². The van der Waals surface area contributed by atoms with E-state index in [1.807, 2.05) is 6.92 Å². The molecule has 1 heterocycles. The van der Waals surface area contributed by atoms with Gasteiger partial charge < -0.3 is 14.2 Å². The van der Waals surface area contributed by atoms with E-state index in [4.69, 9.17) is 14.2 Å². The molecule has 14 heavy (non-hydrogen) atoms. The molecule has 0 radical (unpaired) electrons. The monoisotopic (exact) mass is 200 g/mol. The van der Waals surface area contributed by atoms with Gasteiger partial charge in [0.1, 0.15) is 6.10 Å². The number of hydrogen-bond acceptors (Lipinski definition) is 4. The molecule has 1 aliphatic rings. The second-order valence-electron chi connectivity index (χ2n) is 3.36. The molecule has 0 spiro atoms. The van der Waals surface area contributed by atoms with E-state index in [1.54, 1.807) is 6.92 Å². The van der Waals surface area contributed by atoms with E-state index >= 15 is 0 Å². The van der Waals surface area contributed by atoms with Crippen molar-refractivity contribution in [3.63, 3.8) is 0 Å². The largest absolute Gasteiger partial charge is 0.427 e. The summed E-state index contributed by atoms with van der Waals surface area (Å²) in [6.07, 6.45) is 1.66. The Morgan fingerprint density at radius 2 is 2.36 bits per heavy atom. The average Bonchev–Trinajstić information content (AvgIpc) is 2.30. The molecule has 4 heteroatoms. The van der Waals surface area contributed by atoms with Crippen molar-refractivity contribution in [3.05, 3.63) is 12.7 Å². The van der Waals surface area contributed by atoms with Gasteiger partial charge in [-0.3, -0.25) is 0 Å². The van der Waals surface area contributed by atoms with E-state index in [0.29, 0.717) is 13.2 Å². The maximum Gasteiger partial charge on any atom is 0.332 e. The third-order valence-corrected chi connectivity index (χ3v) is 2.25. The number of hydrogen-bond donors (Lipinski definition) is 0. The van der Waals surface area contributed by atoms with Crippen LogP contribution in [0, 0.1) is 0 Å². The van der Waals surface area contributed by atoms with Crippen LogP contribution in [0.5, 0.6) is 0 Å². The number of ether oxygens (including phenoxy) is 3. The van der Waals surface area contributed by atoms with Crippen molar-refractivity contribution in [3.8, 4) is 0 Å². The van der Waals surface area contributed by atoms with Gasteiger partial charge in [-0.15, -0.1) is 0 Å². The highest BCUT2D eigenvalue weighted by molar-refractivity contribution is 5.81. The Balaban J connectivity index is 2.66. The van der Waals surface area contributed by atoms with Crippen molar-refractivity contribution in [2.75, 3.05) is 13.2 Å². The summed E-state index contributed by atoms with van der Waals surface area (Å²) in [5, 5.41) is 0. The minimum Gasteiger partial charge on any atom is -0.427 e. The molecule has 2 atom stereocenters. The van der Waals surface area contributed by atoms with Gasteiger partial charge in [-0.05, 0) is 13.3 Å². The zero-order valence-corrected chi connectivity index (χ0v) is 8.62. The van der Waals surface area contributed by atoms with Gasteiger partial charge in [0.05, 0.1) is 6.61 Å². The highest BCUT2D eigenvalue weighted by atomic mass is 16.7. The summed E-state index contributed by atoms with van der Waals surface area (Å²) in [7, 11) is 0. The second-order valence-corrected chi connectivity index (χ2v) is 3.36. The van der Waals surface area contributed by atoms with Crippen LogP contribution in [-0.2, 0) is 19.0 Å². The lowest BCUT2D eigenvalue weighted by molar-refractivity contribution is -0.250. The minimum atomic E-state index is -0.998. The van der Waals surface area contributed by atoms with Crippen molar-refractivity contribution < 1.29 is 19.0 Å². The number of esters is 1. The Bertz CT molecular complexity index is 226. The zero-order valence-electron chi connectivity index (χ0n) is 8.62. The molecule has 0 N–H and O–H groups in total. The molecule has 0 aromatic rings. The molecule has 0 aliphatic carbocycles. The van der Waals surface area contributed by atoms with Crippen LogP contribution in [-0.4, -0.2) is 31.1 Å². The molecule has 0 aromatic heterocycles. The van der Waals surface area contributed by atoms with Crippen LogP contribution < -0.4 is 0 Å². The molecule has 0 saturated carbocycles. The maximum atomic E-state index is 11.1. The van der Waals surface area contributed by atoms with Gasteiger partial charge in [-0.25, -0.2) is 4.79 Å².